The number of nitrogens with zero attached hydrogens (tertiary/aromatic N) is 1. The SMILES string of the molecule is CC1CC2(CCNCC2)CN1C(=O)c1ccc(C(N)=O)cc1. The summed E-state index contributed by atoms with van der Waals surface area (Å²) in [5, 5.41) is 3.40. The lowest BCUT2D eigenvalue weighted by atomic mass is 9.77. The molecule has 3 rings (SSSR count). The maximum Gasteiger partial charge on any atom is 0.254 e. The number of likely N-dealkylation sites (tertiary alicyclic amines) is 1. The van der Waals surface area contributed by atoms with E-state index < -0.39 is 5.91 Å². The van der Waals surface area contributed by atoms with Gasteiger partial charge in [-0.05, 0) is 69.0 Å². The number of piperidine rings is 1. The topological polar surface area (TPSA) is 75.4 Å². The maximum absolute atomic E-state index is 12.8. The van der Waals surface area contributed by atoms with Gasteiger partial charge in [0.05, 0.1) is 0 Å². The van der Waals surface area contributed by atoms with E-state index in [0.717, 1.165) is 38.9 Å². The third kappa shape index (κ3) is 2.73. The molecule has 1 aromatic carbocycles. The lowest BCUT2D eigenvalue weighted by Crippen LogP contribution is -2.40. The van der Waals surface area contributed by atoms with E-state index in [9.17, 15) is 9.59 Å². The van der Waals surface area contributed by atoms with Gasteiger partial charge in [0.15, 0.2) is 0 Å². The summed E-state index contributed by atoms with van der Waals surface area (Å²) in [6.07, 6.45) is 3.36. The number of hydrogen-bond donors (Lipinski definition) is 2. The number of primary amides is 1. The number of rotatable bonds is 2. The first-order valence-corrected chi connectivity index (χ1v) is 7.92. The average molecular weight is 301 g/mol. The summed E-state index contributed by atoms with van der Waals surface area (Å²) < 4.78 is 0. The Morgan fingerprint density at radius 3 is 2.36 bits per heavy atom. The summed E-state index contributed by atoms with van der Waals surface area (Å²) in [5.41, 5.74) is 6.58. The van der Waals surface area contributed by atoms with Crippen molar-refractivity contribution >= 4 is 11.8 Å². The molecule has 1 spiro atoms. The second-order valence-electron chi connectivity index (χ2n) is 6.68. The van der Waals surface area contributed by atoms with E-state index in [4.69, 9.17) is 5.73 Å². The van der Waals surface area contributed by atoms with Crippen molar-refractivity contribution in [1.82, 2.24) is 10.2 Å². The van der Waals surface area contributed by atoms with Crippen molar-refractivity contribution in [3.63, 3.8) is 0 Å². The first-order chi connectivity index (χ1) is 10.5. The van der Waals surface area contributed by atoms with Crippen LogP contribution in [0.25, 0.3) is 0 Å². The Labute approximate surface area is 130 Å². The molecule has 118 valence electrons. The van der Waals surface area contributed by atoms with Gasteiger partial charge in [0, 0.05) is 23.7 Å². The zero-order valence-electron chi connectivity index (χ0n) is 13.0. The smallest absolute Gasteiger partial charge is 0.254 e. The van der Waals surface area contributed by atoms with Gasteiger partial charge in [-0.3, -0.25) is 9.59 Å². The molecule has 5 heteroatoms. The van der Waals surface area contributed by atoms with Gasteiger partial charge in [-0.15, -0.1) is 0 Å². The standard InChI is InChI=1S/C17H23N3O2/c1-12-10-17(6-8-19-9-7-17)11-20(12)16(22)14-4-2-13(3-5-14)15(18)21/h2-5,12,19H,6-11H2,1H3,(H2,18,21). The molecule has 2 saturated heterocycles. The van der Waals surface area contributed by atoms with Crippen molar-refractivity contribution < 1.29 is 9.59 Å². The highest BCUT2D eigenvalue weighted by atomic mass is 16.2. The van der Waals surface area contributed by atoms with Crippen LogP contribution in [0.4, 0.5) is 0 Å². The minimum Gasteiger partial charge on any atom is -0.366 e. The predicted molar refractivity (Wildman–Crippen MR) is 84.6 cm³/mol. The molecule has 0 radical (unpaired) electrons. The molecule has 2 amide bonds. The van der Waals surface area contributed by atoms with Crippen LogP contribution in [-0.2, 0) is 0 Å². The predicted octanol–water partition coefficient (Wildman–Crippen LogP) is 1.39. The normalized spacial score (nSPS) is 23.7. The van der Waals surface area contributed by atoms with Crippen molar-refractivity contribution in [1.29, 1.82) is 0 Å². The van der Waals surface area contributed by atoms with Crippen LogP contribution in [0.15, 0.2) is 24.3 Å². The van der Waals surface area contributed by atoms with Crippen molar-refractivity contribution in [3.05, 3.63) is 35.4 Å². The molecular weight excluding hydrogens is 278 g/mol. The van der Waals surface area contributed by atoms with Gasteiger partial charge in [0.1, 0.15) is 0 Å². The van der Waals surface area contributed by atoms with E-state index >= 15 is 0 Å². The summed E-state index contributed by atoms with van der Waals surface area (Å²) in [6.45, 7) is 5.06. The first kappa shape index (κ1) is 15.0. The number of carbonyl (C=O) groups is 2. The van der Waals surface area contributed by atoms with E-state index in [1.807, 2.05) is 4.90 Å². The Kier molecular flexibility index (Phi) is 3.91. The van der Waals surface area contributed by atoms with Crippen molar-refractivity contribution in [2.45, 2.75) is 32.2 Å². The van der Waals surface area contributed by atoms with Crippen LogP contribution in [0.5, 0.6) is 0 Å². The monoisotopic (exact) mass is 301 g/mol. The van der Waals surface area contributed by atoms with Gasteiger partial charge in [-0.1, -0.05) is 0 Å². The molecule has 1 atom stereocenters. The van der Waals surface area contributed by atoms with E-state index in [1.165, 1.54) is 0 Å². The number of benzene rings is 1. The molecule has 1 unspecified atom stereocenters. The fourth-order valence-electron chi connectivity index (χ4n) is 3.85. The molecule has 0 aliphatic carbocycles. The summed E-state index contributed by atoms with van der Waals surface area (Å²) >= 11 is 0. The Balaban J connectivity index is 1.75. The molecule has 0 saturated carbocycles. The summed E-state index contributed by atoms with van der Waals surface area (Å²) in [4.78, 5) is 25.9. The highest BCUT2D eigenvalue weighted by molar-refractivity contribution is 5.97. The average Bonchev–Trinajstić information content (AvgIpc) is 2.83. The molecule has 2 heterocycles. The van der Waals surface area contributed by atoms with Crippen molar-refractivity contribution in [3.8, 4) is 0 Å². The van der Waals surface area contributed by atoms with Crippen LogP contribution in [-0.4, -0.2) is 42.4 Å². The number of nitrogens with one attached hydrogen (secondary N) is 1. The third-order valence-corrected chi connectivity index (χ3v) is 5.11. The van der Waals surface area contributed by atoms with E-state index in [1.54, 1.807) is 24.3 Å². The summed E-state index contributed by atoms with van der Waals surface area (Å²) in [7, 11) is 0. The van der Waals surface area contributed by atoms with Crippen molar-refractivity contribution in [2.24, 2.45) is 11.1 Å². The molecule has 0 bridgehead atoms. The molecule has 5 nitrogen and oxygen atoms in total. The fourth-order valence-corrected chi connectivity index (χ4v) is 3.85. The zero-order valence-corrected chi connectivity index (χ0v) is 13.0. The molecule has 3 N–H and O–H groups in total. The van der Waals surface area contributed by atoms with Crippen LogP contribution in [0, 0.1) is 5.41 Å². The number of amides is 2. The molecule has 22 heavy (non-hydrogen) atoms. The van der Waals surface area contributed by atoms with Gasteiger partial charge >= 0.3 is 0 Å². The van der Waals surface area contributed by atoms with Gasteiger partial charge in [-0.2, -0.15) is 0 Å². The molecule has 2 aliphatic heterocycles. The minimum atomic E-state index is -0.470. The number of nitrogens with two attached hydrogens (primary N) is 1. The van der Waals surface area contributed by atoms with Crippen molar-refractivity contribution in [2.75, 3.05) is 19.6 Å². The van der Waals surface area contributed by atoms with Gasteiger partial charge in [0.25, 0.3) is 5.91 Å². The highest BCUT2D eigenvalue weighted by Crippen LogP contribution is 2.42. The van der Waals surface area contributed by atoms with E-state index in [2.05, 4.69) is 12.2 Å². The quantitative estimate of drug-likeness (QED) is 0.867. The van der Waals surface area contributed by atoms with E-state index in [-0.39, 0.29) is 17.4 Å². The fraction of sp³-hybridized carbons (Fsp3) is 0.529. The van der Waals surface area contributed by atoms with Crippen LogP contribution >= 0.6 is 0 Å². The molecular formula is C17H23N3O2. The lowest BCUT2D eigenvalue weighted by Gasteiger charge is -2.33. The molecule has 2 fully saturated rings. The highest BCUT2D eigenvalue weighted by Gasteiger charge is 2.44. The second kappa shape index (κ2) is 5.72. The Bertz CT molecular complexity index is 576. The van der Waals surface area contributed by atoms with E-state index in [0.29, 0.717) is 11.1 Å². The lowest BCUT2D eigenvalue weighted by molar-refractivity contribution is 0.0723. The minimum absolute atomic E-state index is 0.0546. The van der Waals surface area contributed by atoms with Gasteiger partial charge < -0.3 is 16.0 Å². The second-order valence-corrected chi connectivity index (χ2v) is 6.68. The molecule has 1 aromatic rings. The Morgan fingerprint density at radius 2 is 1.77 bits per heavy atom. The zero-order chi connectivity index (χ0) is 15.7. The Hall–Kier alpha value is -1.88. The van der Waals surface area contributed by atoms with Gasteiger partial charge in [-0.25, -0.2) is 0 Å². The third-order valence-electron chi connectivity index (χ3n) is 5.11. The van der Waals surface area contributed by atoms with Crippen LogP contribution in [0.3, 0.4) is 0 Å². The van der Waals surface area contributed by atoms with Crippen LogP contribution in [0.1, 0.15) is 46.9 Å². The summed E-state index contributed by atoms with van der Waals surface area (Å²) in [6, 6.07) is 6.90. The molecule has 0 aromatic heterocycles. The number of carbonyl (C=O) groups excluding carboxylic acids is 2. The van der Waals surface area contributed by atoms with Crippen LogP contribution < -0.4 is 11.1 Å². The Morgan fingerprint density at radius 1 is 1.18 bits per heavy atom. The van der Waals surface area contributed by atoms with Gasteiger partial charge in [0.2, 0.25) is 5.91 Å². The maximum atomic E-state index is 12.8. The molecule has 2 aliphatic rings. The summed E-state index contributed by atoms with van der Waals surface area (Å²) in [5.74, 6) is -0.416. The first-order valence-electron chi connectivity index (χ1n) is 7.92. The largest absolute Gasteiger partial charge is 0.366 e. The number of hydrogen-bond acceptors (Lipinski definition) is 3. The van der Waals surface area contributed by atoms with Crippen LogP contribution in [0.2, 0.25) is 0 Å².